The van der Waals surface area contributed by atoms with Gasteiger partial charge in [-0.3, -0.25) is 0 Å². The molecule has 28 heavy (non-hydrogen) atoms. The van der Waals surface area contributed by atoms with Crippen LogP contribution in [0.3, 0.4) is 0 Å². The number of para-hydroxylation sites is 1. The number of aliphatic carboxylic acids is 1. The molecule has 0 atom stereocenters. The van der Waals surface area contributed by atoms with Crippen LogP contribution in [-0.4, -0.2) is 75.1 Å². The number of hydrogen-bond donors (Lipinski definition) is 2. The molecule has 2 N–H and O–H groups in total. The van der Waals surface area contributed by atoms with Gasteiger partial charge in [0.05, 0.1) is 26.9 Å². The lowest BCUT2D eigenvalue weighted by atomic mass is 10.1. The van der Waals surface area contributed by atoms with E-state index in [1.165, 1.54) is 21.3 Å². The number of ether oxygens (including phenoxy) is 3. The van der Waals surface area contributed by atoms with Gasteiger partial charge in [-0.05, 0) is 24.5 Å². The lowest BCUT2D eigenvalue weighted by molar-refractivity contribution is -0.136. The van der Waals surface area contributed by atoms with E-state index in [0.717, 1.165) is 27.4 Å². The van der Waals surface area contributed by atoms with Crippen LogP contribution in [0.4, 0.5) is 0 Å². The van der Waals surface area contributed by atoms with Crippen molar-refractivity contribution in [3.05, 3.63) is 35.6 Å². The first-order valence-electron chi connectivity index (χ1n) is 8.62. The van der Waals surface area contributed by atoms with Crippen LogP contribution in [-0.2, 0) is 22.5 Å². The highest BCUT2D eigenvalue weighted by Crippen LogP contribution is 2.28. The normalized spacial score (nSPS) is 11.2. The highest BCUT2D eigenvalue weighted by molar-refractivity contribution is 6.33. The maximum Gasteiger partial charge on any atom is 0.375 e. The van der Waals surface area contributed by atoms with E-state index < -0.39 is 16.0 Å². The van der Waals surface area contributed by atoms with Crippen molar-refractivity contribution >= 4 is 42.7 Å². The fourth-order valence-electron chi connectivity index (χ4n) is 1.81. The molecule has 162 valence electrons. The number of rotatable bonds is 9. The van der Waals surface area contributed by atoms with Crippen LogP contribution in [0.2, 0.25) is 0 Å². The minimum atomic E-state index is -1.20. The Hall–Kier alpha value is -1.64. The third-order valence-electron chi connectivity index (χ3n) is 3.10. The monoisotopic (exact) mass is 450 g/mol. The number of carboxylic acid groups (broad SMARTS) is 1. The highest BCUT2D eigenvalue weighted by Gasteiger charge is 2.20. The summed E-state index contributed by atoms with van der Waals surface area (Å²) in [5.74, 6) is -0.181. The van der Waals surface area contributed by atoms with Crippen molar-refractivity contribution in [1.29, 1.82) is 0 Å². The average Bonchev–Trinajstić information content (AvgIpc) is 2.67. The molecule has 0 saturated heterocycles. The first kappa shape index (κ1) is 28.6. The maximum atomic E-state index is 11.0. The van der Waals surface area contributed by atoms with Crippen LogP contribution < -0.4 is 4.74 Å². The van der Waals surface area contributed by atoms with Gasteiger partial charge in [0.2, 0.25) is 5.76 Å². The Morgan fingerprint density at radius 2 is 1.68 bits per heavy atom. The molecule has 0 amide bonds. The van der Waals surface area contributed by atoms with Gasteiger partial charge in [-0.25, -0.2) is 4.79 Å². The molecule has 0 saturated carbocycles. The summed E-state index contributed by atoms with van der Waals surface area (Å²) in [7, 11) is 5.42. The summed E-state index contributed by atoms with van der Waals surface area (Å²) >= 11 is 0. The Balaban J connectivity index is 0. The highest BCUT2D eigenvalue weighted by atomic mass is 28.3. The minimum absolute atomic E-state index is 0.123. The fourth-order valence-corrected chi connectivity index (χ4v) is 4.87. The SMILES string of the molecule is CC(C)CCO.COC(C(=O)O)=C(OC)c1ccccc1OC.[SiH3]O[SiH2]O[SiH3]. The number of methoxy groups -OCH3 is 3. The van der Waals surface area contributed by atoms with Gasteiger partial charge in [0.25, 0.3) is 10.0 Å². The first-order chi connectivity index (χ1) is 13.3. The van der Waals surface area contributed by atoms with Gasteiger partial charge < -0.3 is 32.7 Å². The van der Waals surface area contributed by atoms with Crippen LogP contribution in [0, 0.1) is 5.92 Å². The molecule has 1 rings (SSSR count). The van der Waals surface area contributed by atoms with Crippen molar-refractivity contribution < 1.29 is 37.4 Å². The predicted octanol–water partition coefficient (Wildman–Crippen LogP) is -0.655. The minimum Gasteiger partial charge on any atom is -0.496 e. The summed E-state index contributed by atoms with van der Waals surface area (Å²) in [5, 5.41) is 17.2. The van der Waals surface area contributed by atoms with E-state index >= 15 is 0 Å². The fraction of sp³-hybridized carbons (Fsp3) is 0.471. The molecule has 8 nitrogen and oxygen atoms in total. The summed E-state index contributed by atoms with van der Waals surface area (Å²) in [5.41, 5.74) is 0.525. The first-order valence-corrected chi connectivity index (χ1v) is 11.4. The second-order valence-corrected chi connectivity index (χ2v) is 10.5. The number of aliphatic hydroxyl groups is 1. The Bertz CT molecular complexity index is 565. The number of benzene rings is 1. The molecule has 0 unspecified atom stereocenters. The molecular weight excluding hydrogens is 416 g/mol. The number of carboxylic acids is 1. The second kappa shape index (κ2) is 18.7. The van der Waals surface area contributed by atoms with Gasteiger partial charge in [-0.2, -0.15) is 0 Å². The quantitative estimate of drug-likeness (QED) is 0.290. The van der Waals surface area contributed by atoms with Crippen molar-refractivity contribution in [2.24, 2.45) is 5.92 Å². The Labute approximate surface area is 175 Å². The summed E-state index contributed by atoms with van der Waals surface area (Å²) in [4.78, 5) is 11.0. The largest absolute Gasteiger partial charge is 0.496 e. The smallest absolute Gasteiger partial charge is 0.375 e. The van der Waals surface area contributed by atoms with Gasteiger partial charge in [0, 0.05) is 6.61 Å². The third kappa shape index (κ3) is 12.7. The molecule has 0 aliphatic rings. The van der Waals surface area contributed by atoms with Crippen molar-refractivity contribution in [3.63, 3.8) is 0 Å². The third-order valence-corrected chi connectivity index (χ3v) is 4.99. The van der Waals surface area contributed by atoms with Crippen molar-refractivity contribution in [2.75, 3.05) is 27.9 Å². The van der Waals surface area contributed by atoms with Crippen molar-refractivity contribution in [1.82, 2.24) is 0 Å². The molecule has 1 aromatic rings. The molecule has 0 aliphatic carbocycles. The van der Waals surface area contributed by atoms with E-state index in [4.69, 9.17) is 32.7 Å². The molecule has 0 aromatic heterocycles. The Kier molecular flexibility index (Phi) is 19.1. The van der Waals surface area contributed by atoms with E-state index in [1.54, 1.807) is 24.3 Å². The topological polar surface area (TPSA) is 104 Å². The van der Waals surface area contributed by atoms with Crippen LogP contribution in [0.15, 0.2) is 30.0 Å². The number of hydrogen-bond acceptors (Lipinski definition) is 7. The van der Waals surface area contributed by atoms with Crippen LogP contribution >= 0.6 is 0 Å². The predicted molar refractivity (Wildman–Crippen MR) is 119 cm³/mol. The zero-order chi connectivity index (χ0) is 21.9. The van der Waals surface area contributed by atoms with E-state index in [2.05, 4.69) is 13.8 Å². The van der Waals surface area contributed by atoms with Gasteiger partial charge in [0.1, 0.15) is 26.7 Å². The van der Waals surface area contributed by atoms with Gasteiger partial charge in [0.15, 0.2) is 5.76 Å². The Morgan fingerprint density at radius 3 is 1.96 bits per heavy atom. The molecule has 11 heteroatoms. The standard InChI is InChI=1S/C12H14O5.C5H12O.H8O2Si3/c1-15-9-7-5-4-6-8(9)10(16-2)11(17-3)12(13)14;1-5(2)3-4-6;3-1-5-2-4/h4-7H,1-3H3,(H,13,14);5-6H,3-4H2,1-2H3;5H2,3-4H3. The van der Waals surface area contributed by atoms with Crippen molar-refractivity contribution in [3.8, 4) is 5.75 Å². The molecule has 1 aromatic carbocycles. The Morgan fingerprint density at radius 1 is 1.11 bits per heavy atom. The lowest BCUT2D eigenvalue weighted by Gasteiger charge is -2.13. The lowest BCUT2D eigenvalue weighted by Crippen LogP contribution is -2.08. The van der Waals surface area contributed by atoms with Crippen LogP contribution in [0.5, 0.6) is 5.75 Å². The van der Waals surface area contributed by atoms with Crippen molar-refractivity contribution in [2.45, 2.75) is 20.3 Å². The molecule has 0 radical (unpaired) electrons. The van der Waals surface area contributed by atoms with Gasteiger partial charge >= 0.3 is 5.97 Å². The second-order valence-electron chi connectivity index (χ2n) is 5.67. The molecule has 0 fully saturated rings. The number of aliphatic hydroxyl groups excluding tert-OH is 1. The summed E-state index contributed by atoms with van der Waals surface area (Å²) in [6.45, 7) is 4.52. The summed E-state index contributed by atoms with van der Waals surface area (Å²) in [6, 6.07) is 6.94. The zero-order valence-electron chi connectivity index (χ0n) is 17.9. The average molecular weight is 451 g/mol. The van der Waals surface area contributed by atoms with Crippen LogP contribution in [0.1, 0.15) is 25.8 Å². The van der Waals surface area contributed by atoms with Gasteiger partial charge in [-0.1, -0.05) is 26.0 Å². The maximum absolute atomic E-state index is 11.0. The van der Waals surface area contributed by atoms with E-state index in [9.17, 15) is 4.79 Å². The van der Waals surface area contributed by atoms with Gasteiger partial charge in [-0.15, -0.1) is 0 Å². The van der Waals surface area contributed by atoms with E-state index in [0.29, 0.717) is 23.8 Å². The molecule has 0 spiro atoms. The number of carbonyl (C=O) groups is 1. The van der Waals surface area contributed by atoms with E-state index in [-0.39, 0.29) is 11.5 Å². The summed E-state index contributed by atoms with van der Waals surface area (Å²) < 4.78 is 24.6. The zero-order valence-corrected chi connectivity index (χ0v) is 23.3. The van der Waals surface area contributed by atoms with Crippen LogP contribution in [0.25, 0.3) is 5.76 Å². The molecular formula is C17H34O8Si3. The molecule has 0 aliphatic heterocycles. The molecule has 0 heterocycles. The summed E-state index contributed by atoms with van der Waals surface area (Å²) in [6.07, 6.45) is 0.931. The van der Waals surface area contributed by atoms with E-state index in [1.807, 2.05) is 0 Å². The molecule has 0 bridgehead atoms.